The summed E-state index contributed by atoms with van der Waals surface area (Å²) in [6.07, 6.45) is 0. The zero-order chi connectivity index (χ0) is 22.1. The van der Waals surface area contributed by atoms with E-state index in [0.29, 0.717) is 47.1 Å². The normalized spacial score (nSPS) is 12.4. The van der Waals surface area contributed by atoms with Gasteiger partial charge >= 0.3 is 0 Å². The Morgan fingerprint density at radius 1 is 1.00 bits per heavy atom. The molecule has 0 bridgehead atoms. The number of hydrogen-bond acceptors (Lipinski definition) is 6. The molecule has 1 aromatic heterocycles. The molecule has 0 unspecified atom stereocenters. The molecular weight excluding hydrogens is 433 g/mol. The topological polar surface area (TPSA) is 85.6 Å². The molecule has 0 saturated carbocycles. The van der Waals surface area contributed by atoms with Crippen molar-refractivity contribution in [2.24, 2.45) is 0 Å². The Hall–Kier alpha value is -3.98. The first-order valence-corrected chi connectivity index (χ1v) is 10.1. The molecule has 0 fully saturated rings. The number of benzene rings is 3. The molecule has 160 valence electrons. The largest absolute Gasteiger partial charge is 0.486 e. The molecule has 2 heterocycles. The SMILES string of the molecule is O=C(NC(=S)Nc1ccc2oc(-c3ccccc3F)nc2c1)c1ccc2c(c1)OCCO2. The number of carbonyl (C=O) groups is 1. The Morgan fingerprint density at radius 3 is 2.66 bits per heavy atom. The Labute approximate surface area is 187 Å². The van der Waals surface area contributed by atoms with Crippen molar-refractivity contribution in [1.29, 1.82) is 0 Å². The Bertz CT molecular complexity index is 1350. The number of rotatable bonds is 3. The lowest BCUT2D eigenvalue weighted by molar-refractivity contribution is 0.0976. The lowest BCUT2D eigenvalue weighted by Gasteiger charge is -2.18. The van der Waals surface area contributed by atoms with Crippen molar-refractivity contribution in [3.8, 4) is 23.0 Å². The monoisotopic (exact) mass is 449 g/mol. The van der Waals surface area contributed by atoms with E-state index in [-0.39, 0.29) is 22.5 Å². The number of anilines is 1. The highest BCUT2D eigenvalue weighted by molar-refractivity contribution is 7.80. The predicted molar refractivity (Wildman–Crippen MR) is 121 cm³/mol. The second-order valence-corrected chi connectivity index (χ2v) is 7.36. The standard InChI is InChI=1S/C23H16FN3O4S/c24-16-4-2-1-3-15(16)22-26-17-12-14(6-8-18(17)31-22)25-23(32)27-21(28)13-5-7-19-20(11-13)30-10-9-29-19/h1-8,11-12H,9-10H2,(H2,25,27,28,32). The van der Waals surface area contributed by atoms with Crippen LogP contribution >= 0.6 is 12.2 Å². The number of ether oxygens (including phenoxy) is 2. The summed E-state index contributed by atoms with van der Waals surface area (Å²) in [7, 11) is 0. The minimum Gasteiger partial charge on any atom is -0.486 e. The number of carbonyl (C=O) groups excluding carboxylic acids is 1. The van der Waals surface area contributed by atoms with Crippen LogP contribution < -0.4 is 20.1 Å². The van der Waals surface area contributed by atoms with Crippen molar-refractivity contribution in [2.45, 2.75) is 0 Å². The lowest BCUT2D eigenvalue weighted by Crippen LogP contribution is -2.34. The van der Waals surface area contributed by atoms with Crippen LogP contribution in [0, 0.1) is 5.82 Å². The molecule has 0 atom stereocenters. The maximum atomic E-state index is 14.0. The van der Waals surface area contributed by atoms with E-state index in [2.05, 4.69) is 15.6 Å². The van der Waals surface area contributed by atoms with E-state index < -0.39 is 5.82 Å². The van der Waals surface area contributed by atoms with E-state index in [1.807, 2.05) is 0 Å². The van der Waals surface area contributed by atoms with Gasteiger partial charge in [0.25, 0.3) is 5.91 Å². The summed E-state index contributed by atoms with van der Waals surface area (Å²) in [4.78, 5) is 16.9. The van der Waals surface area contributed by atoms with E-state index in [0.717, 1.165) is 0 Å². The fraction of sp³-hybridized carbons (Fsp3) is 0.0870. The van der Waals surface area contributed by atoms with E-state index in [9.17, 15) is 9.18 Å². The first kappa shape index (κ1) is 20.0. The minimum atomic E-state index is -0.416. The molecule has 2 N–H and O–H groups in total. The highest BCUT2D eigenvalue weighted by Gasteiger charge is 2.16. The van der Waals surface area contributed by atoms with Crippen LogP contribution in [0.25, 0.3) is 22.6 Å². The minimum absolute atomic E-state index is 0.113. The van der Waals surface area contributed by atoms with Crippen molar-refractivity contribution < 1.29 is 23.1 Å². The second kappa shape index (κ2) is 8.27. The molecule has 4 aromatic rings. The van der Waals surface area contributed by atoms with Crippen LogP contribution in [0.1, 0.15) is 10.4 Å². The lowest BCUT2D eigenvalue weighted by atomic mass is 10.2. The summed E-state index contributed by atoms with van der Waals surface area (Å²) in [5.74, 6) is 0.503. The van der Waals surface area contributed by atoms with Crippen molar-refractivity contribution in [3.63, 3.8) is 0 Å². The number of oxazole rings is 1. The average molecular weight is 449 g/mol. The van der Waals surface area contributed by atoms with Crippen molar-refractivity contribution in [3.05, 3.63) is 72.0 Å². The van der Waals surface area contributed by atoms with Gasteiger partial charge < -0.3 is 19.2 Å². The molecule has 9 heteroatoms. The molecular formula is C23H16FN3O4S. The maximum Gasteiger partial charge on any atom is 0.257 e. The molecule has 0 spiro atoms. The van der Waals surface area contributed by atoms with Gasteiger partial charge in [0, 0.05) is 11.3 Å². The first-order chi connectivity index (χ1) is 15.6. The average Bonchev–Trinajstić information content (AvgIpc) is 3.22. The number of amides is 1. The number of hydrogen-bond donors (Lipinski definition) is 2. The fourth-order valence-electron chi connectivity index (χ4n) is 3.28. The van der Waals surface area contributed by atoms with Gasteiger partial charge in [0.05, 0.1) is 5.56 Å². The molecule has 3 aromatic carbocycles. The molecule has 1 aliphatic rings. The van der Waals surface area contributed by atoms with Crippen LogP contribution in [-0.4, -0.2) is 29.2 Å². The van der Waals surface area contributed by atoms with Crippen LogP contribution in [0.15, 0.2) is 65.1 Å². The van der Waals surface area contributed by atoms with Gasteiger partial charge in [-0.15, -0.1) is 0 Å². The Kier molecular flexibility index (Phi) is 5.16. The fourth-order valence-corrected chi connectivity index (χ4v) is 3.49. The van der Waals surface area contributed by atoms with Crippen LogP contribution in [-0.2, 0) is 0 Å². The van der Waals surface area contributed by atoms with E-state index in [1.165, 1.54) is 6.07 Å². The van der Waals surface area contributed by atoms with Gasteiger partial charge in [-0.3, -0.25) is 10.1 Å². The third-order valence-electron chi connectivity index (χ3n) is 4.78. The Morgan fingerprint density at radius 2 is 1.81 bits per heavy atom. The summed E-state index contributed by atoms with van der Waals surface area (Å²) < 4.78 is 30.6. The van der Waals surface area contributed by atoms with Crippen LogP contribution in [0.2, 0.25) is 0 Å². The van der Waals surface area contributed by atoms with E-state index in [1.54, 1.807) is 54.6 Å². The highest BCUT2D eigenvalue weighted by Crippen LogP contribution is 2.31. The third kappa shape index (κ3) is 3.97. The van der Waals surface area contributed by atoms with Gasteiger partial charge in [0.15, 0.2) is 22.2 Å². The van der Waals surface area contributed by atoms with Gasteiger partial charge in [-0.25, -0.2) is 9.37 Å². The van der Waals surface area contributed by atoms with Crippen LogP contribution in [0.5, 0.6) is 11.5 Å². The highest BCUT2D eigenvalue weighted by atomic mass is 32.1. The van der Waals surface area contributed by atoms with Crippen molar-refractivity contribution in [1.82, 2.24) is 10.3 Å². The van der Waals surface area contributed by atoms with Crippen LogP contribution in [0.3, 0.4) is 0 Å². The second-order valence-electron chi connectivity index (χ2n) is 6.95. The predicted octanol–water partition coefficient (Wildman–Crippen LogP) is 4.53. The smallest absolute Gasteiger partial charge is 0.257 e. The summed E-state index contributed by atoms with van der Waals surface area (Å²) in [6, 6.07) is 16.3. The quantitative estimate of drug-likeness (QED) is 0.445. The van der Waals surface area contributed by atoms with Gasteiger partial charge in [0.1, 0.15) is 24.5 Å². The number of halogens is 1. The van der Waals surface area contributed by atoms with Crippen molar-refractivity contribution >= 4 is 40.0 Å². The molecule has 5 rings (SSSR count). The van der Waals surface area contributed by atoms with Crippen molar-refractivity contribution in [2.75, 3.05) is 18.5 Å². The molecule has 0 aliphatic carbocycles. The summed E-state index contributed by atoms with van der Waals surface area (Å²) in [6.45, 7) is 0.908. The molecule has 7 nitrogen and oxygen atoms in total. The zero-order valence-corrected chi connectivity index (χ0v) is 17.4. The van der Waals surface area contributed by atoms with E-state index >= 15 is 0 Å². The van der Waals surface area contributed by atoms with Crippen LogP contribution in [0.4, 0.5) is 10.1 Å². The number of nitrogens with zero attached hydrogens (tertiary/aromatic N) is 1. The summed E-state index contributed by atoms with van der Waals surface area (Å²) in [5, 5.41) is 5.69. The zero-order valence-electron chi connectivity index (χ0n) is 16.6. The van der Waals surface area contributed by atoms with Gasteiger partial charge in [-0.05, 0) is 60.7 Å². The molecule has 0 saturated heterocycles. The number of thiocarbonyl (C=S) groups is 1. The van der Waals surface area contributed by atoms with Gasteiger partial charge in [0.2, 0.25) is 5.89 Å². The molecule has 0 radical (unpaired) electrons. The van der Waals surface area contributed by atoms with Gasteiger partial charge in [-0.2, -0.15) is 0 Å². The molecule has 32 heavy (non-hydrogen) atoms. The van der Waals surface area contributed by atoms with Gasteiger partial charge in [-0.1, -0.05) is 12.1 Å². The number of fused-ring (bicyclic) bond motifs is 2. The first-order valence-electron chi connectivity index (χ1n) is 9.74. The Balaban J connectivity index is 1.29. The summed E-state index contributed by atoms with van der Waals surface area (Å²) in [5.41, 5.74) is 2.29. The number of nitrogens with one attached hydrogen (secondary N) is 2. The van der Waals surface area contributed by atoms with E-state index in [4.69, 9.17) is 26.1 Å². The summed E-state index contributed by atoms with van der Waals surface area (Å²) >= 11 is 5.26. The number of aromatic nitrogens is 1. The third-order valence-corrected chi connectivity index (χ3v) is 4.99. The maximum absolute atomic E-state index is 14.0. The molecule has 1 aliphatic heterocycles. The molecule has 1 amide bonds.